The van der Waals surface area contributed by atoms with Crippen LogP contribution in [0.5, 0.6) is 0 Å². The van der Waals surface area contributed by atoms with Crippen molar-refractivity contribution in [2.75, 3.05) is 0 Å². The summed E-state index contributed by atoms with van der Waals surface area (Å²) in [6.07, 6.45) is 1.12. The third-order valence-corrected chi connectivity index (χ3v) is 2.13. The fourth-order valence-electron chi connectivity index (χ4n) is 1.41. The van der Waals surface area contributed by atoms with Crippen LogP contribution in [0.3, 0.4) is 0 Å². The minimum Gasteiger partial charge on any atom is -0.385 e. The van der Waals surface area contributed by atoms with Crippen molar-refractivity contribution in [1.29, 1.82) is 0 Å². The predicted molar refractivity (Wildman–Crippen MR) is 56.4 cm³/mol. The molecule has 76 valence electrons. The third-order valence-electron chi connectivity index (χ3n) is 2.13. The Hall–Kier alpha value is -1.15. The maximum atomic E-state index is 11.5. The van der Waals surface area contributed by atoms with E-state index in [4.69, 9.17) is 5.11 Å². The summed E-state index contributed by atoms with van der Waals surface area (Å²) in [7, 11) is 0. The largest absolute Gasteiger partial charge is 0.385 e. The molecule has 1 rings (SSSR count). The highest BCUT2D eigenvalue weighted by molar-refractivity contribution is 5.99. The van der Waals surface area contributed by atoms with Crippen LogP contribution in [0.4, 0.5) is 0 Å². The van der Waals surface area contributed by atoms with E-state index in [2.05, 4.69) is 6.92 Å². The summed E-state index contributed by atoms with van der Waals surface area (Å²) in [6.45, 7) is 3.60. The first-order valence-corrected chi connectivity index (χ1v) is 4.96. The van der Waals surface area contributed by atoms with Crippen LogP contribution in [-0.2, 0) is 6.42 Å². The van der Waals surface area contributed by atoms with Gasteiger partial charge in [-0.3, -0.25) is 4.79 Å². The summed E-state index contributed by atoms with van der Waals surface area (Å²) >= 11 is 0. The van der Waals surface area contributed by atoms with Crippen LogP contribution < -0.4 is 0 Å². The monoisotopic (exact) mass is 192 g/mol. The molecule has 0 aliphatic carbocycles. The topological polar surface area (TPSA) is 37.3 Å². The van der Waals surface area contributed by atoms with Gasteiger partial charge in [0, 0.05) is 5.56 Å². The molecule has 1 atom stereocenters. The Morgan fingerprint density at radius 3 is 2.79 bits per heavy atom. The Balaban J connectivity index is 2.88. The molecule has 0 amide bonds. The predicted octanol–water partition coefficient (Wildman–Crippen LogP) is 2.20. The van der Waals surface area contributed by atoms with Gasteiger partial charge in [-0.25, -0.2) is 0 Å². The molecule has 1 N–H and O–H groups in total. The standard InChI is InChI=1S/C12H16O2/c1-3-5-10-6-4-7-11(8-10)12(14)9(2)13/h4,6-9,13H,3,5H2,1-2H3. The molecule has 0 aromatic heterocycles. The molecule has 0 heterocycles. The minimum atomic E-state index is -0.910. The van der Waals surface area contributed by atoms with Crippen LogP contribution in [0.2, 0.25) is 0 Å². The highest BCUT2D eigenvalue weighted by Crippen LogP contribution is 2.09. The van der Waals surface area contributed by atoms with E-state index in [1.807, 2.05) is 18.2 Å². The van der Waals surface area contributed by atoms with Crippen molar-refractivity contribution in [3.63, 3.8) is 0 Å². The first-order chi connectivity index (χ1) is 6.65. The van der Waals surface area contributed by atoms with Crippen LogP contribution in [0.25, 0.3) is 0 Å². The van der Waals surface area contributed by atoms with Gasteiger partial charge < -0.3 is 5.11 Å². The number of aryl methyl sites for hydroxylation is 1. The molecule has 2 nitrogen and oxygen atoms in total. The van der Waals surface area contributed by atoms with Crippen LogP contribution in [0.1, 0.15) is 36.2 Å². The minimum absolute atomic E-state index is 0.206. The van der Waals surface area contributed by atoms with Gasteiger partial charge in [0.25, 0.3) is 0 Å². The van der Waals surface area contributed by atoms with Crippen molar-refractivity contribution in [3.8, 4) is 0 Å². The zero-order chi connectivity index (χ0) is 10.6. The normalized spacial score (nSPS) is 12.5. The lowest BCUT2D eigenvalue weighted by Gasteiger charge is -2.05. The summed E-state index contributed by atoms with van der Waals surface area (Å²) in [4.78, 5) is 11.5. The van der Waals surface area contributed by atoms with Crippen molar-refractivity contribution in [3.05, 3.63) is 35.4 Å². The van der Waals surface area contributed by atoms with Crippen molar-refractivity contribution in [1.82, 2.24) is 0 Å². The van der Waals surface area contributed by atoms with E-state index in [1.54, 1.807) is 6.07 Å². The number of hydrogen-bond acceptors (Lipinski definition) is 2. The van der Waals surface area contributed by atoms with Crippen molar-refractivity contribution < 1.29 is 9.90 Å². The Kier molecular flexibility index (Phi) is 3.84. The van der Waals surface area contributed by atoms with Crippen LogP contribution in [0, 0.1) is 0 Å². The second-order valence-corrected chi connectivity index (χ2v) is 3.49. The Morgan fingerprint density at radius 1 is 1.50 bits per heavy atom. The van der Waals surface area contributed by atoms with Gasteiger partial charge in [-0.15, -0.1) is 0 Å². The number of carbonyl (C=O) groups excluding carboxylic acids is 1. The molecule has 2 heteroatoms. The molecular formula is C12H16O2. The summed E-state index contributed by atoms with van der Waals surface area (Å²) in [6, 6.07) is 7.47. The summed E-state index contributed by atoms with van der Waals surface area (Å²) in [5.74, 6) is -0.206. The number of aliphatic hydroxyl groups excluding tert-OH is 1. The van der Waals surface area contributed by atoms with Crippen molar-refractivity contribution in [2.24, 2.45) is 0 Å². The molecule has 0 spiro atoms. The number of rotatable bonds is 4. The van der Waals surface area contributed by atoms with Crippen LogP contribution in [-0.4, -0.2) is 17.0 Å². The fraction of sp³-hybridized carbons (Fsp3) is 0.417. The maximum absolute atomic E-state index is 11.5. The second kappa shape index (κ2) is 4.91. The van der Waals surface area contributed by atoms with Gasteiger partial charge in [0.05, 0.1) is 0 Å². The molecule has 1 unspecified atom stereocenters. The number of ketones is 1. The van der Waals surface area contributed by atoms with Crippen molar-refractivity contribution in [2.45, 2.75) is 32.8 Å². The van der Waals surface area contributed by atoms with Gasteiger partial charge in [0.15, 0.2) is 5.78 Å². The molecule has 0 fully saturated rings. The highest BCUT2D eigenvalue weighted by Gasteiger charge is 2.11. The lowest BCUT2D eigenvalue weighted by molar-refractivity contribution is 0.0779. The summed E-state index contributed by atoms with van der Waals surface area (Å²) in [5.41, 5.74) is 1.75. The van der Waals surface area contributed by atoms with Gasteiger partial charge in [-0.05, 0) is 25.0 Å². The van der Waals surface area contributed by atoms with E-state index in [0.717, 1.165) is 18.4 Å². The number of carbonyl (C=O) groups is 1. The Bertz CT molecular complexity index is 316. The van der Waals surface area contributed by atoms with E-state index in [9.17, 15) is 4.79 Å². The maximum Gasteiger partial charge on any atom is 0.190 e. The Morgan fingerprint density at radius 2 is 2.21 bits per heavy atom. The van der Waals surface area contributed by atoms with Gasteiger partial charge in [0.1, 0.15) is 6.10 Å². The molecule has 0 aliphatic rings. The zero-order valence-electron chi connectivity index (χ0n) is 8.66. The van der Waals surface area contributed by atoms with E-state index >= 15 is 0 Å². The molecule has 14 heavy (non-hydrogen) atoms. The first-order valence-electron chi connectivity index (χ1n) is 4.96. The van der Waals surface area contributed by atoms with E-state index < -0.39 is 6.10 Å². The van der Waals surface area contributed by atoms with Crippen LogP contribution >= 0.6 is 0 Å². The molecule has 1 aromatic carbocycles. The number of benzene rings is 1. The second-order valence-electron chi connectivity index (χ2n) is 3.49. The zero-order valence-corrected chi connectivity index (χ0v) is 8.66. The molecule has 0 bridgehead atoms. The van der Waals surface area contributed by atoms with Gasteiger partial charge in [-0.2, -0.15) is 0 Å². The molecule has 0 saturated heterocycles. The van der Waals surface area contributed by atoms with Gasteiger partial charge >= 0.3 is 0 Å². The van der Waals surface area contributed by atoms with E-state index in [0.29, 0.717) is 5.56 Å². The molecule has 0 aliphatic heterocycles. The van der Waals surface area contributed by atoms with Gasteiger partial charge in [-0.1, -0.05) is 31.5 Å². The van der Waals surface area contributed by atoms with Crippen molar-refractivity contribution >= 4 is 5.78 Å². The first kappa shape index (κ1) is 10.9. The Labute approximate surface area is 84.6 Å². The molecule has 0 radical (unpaired) electrons. The average Bonchev–Trinajstić information content (AvgIpc) is 2.17. The lowest BCUT2D eigenvalue weighted by atomic mass is 10.0. The van der Waals surface area contributed by atoms with E-state index in [-0.39, 0.29) is 5.78 Å². The number of Topliss-reactive ketones (excluding diaryl/α,β-unsaturated/α-hetero) is 1. The average molecular weight is 192 g/mol. The fourth-order valence-corrected chi connectivity index (χ4v) is 1.41. The molecular weight excluding hydrogens is 176 g/mol. The quantitative estimate of drug-likeness (QED) is 0.742. The number of hydrogen-bond donors (Lipinski definition) is 1. The smallest absolute Gasteiger partial charge is 0.190 e. The highest BCUT2D eigenvalue weighted by atomic mass is 16.3. The summed E-state index contributed by atoms with van der Waals surface area (Å²) < 4.78 is 0. The number of aliphatic hydroxyl groups is 1. The third kappa shape index (κ3) is 2.67. The molecule has 0 saturated carbocycles. The summed E-state index contributed by atoms with van der Waals surface area (Å²) in [5, 5.41) is 9.15. The van der Waals surface area contributed by atoms with Crippen LogP contribution in [0.15, 0.2) is 24.3 Å². The van der Waals surface area contributed by atoms with Gasteiger partial charge in [0.2, 0.25) is 0 Å². The lowest BCUT2D eigenvalue weighted by Crippen LogP contribution is -2.16. The molecule has 1 aromatic rings. The van der Waals surface area contributed by atoms with E-state index in [1.165, 1.54) is 6.92 Å². The SMILES string of the molecule is CCCc1cccc(C(=O)C(C)O)c1.